The summed E-state index contributed by atoms with van der Waals surface area (Å²) in [6.07, 6.45) is -4.56. The van der Waals surface area contributed by atoms with Crippen molar-refractivity contribution in [1.82, 2.24) is 4.90 Å². The maximum atomic E-state index is 12.7. The van der Waals surface area contributed by atoms with Crippen LogP contribution in [-0.2, 0) is 11.3 Å². The number of rotatable bonds is 5. The molecule has 3 N–H and O–H groups in total. The number of aliphatic hydroxyl groups is 1. The van der Waals surface area contributed by atoms with Gasteiger partial charge >= 0.3 is 6.18 Å². The van der Waals surface area contributed by atoms with Gasteiger partial charge in [0.15, 0.2) is 0 Å². The van der Waals surface area contributed by atoms with E-state index in [0.717, 1.165) is 6.92 Å². The van der Waals surface area contributed by atoms with Crippen LogP contribution in [0.15, 0.2) is 24.3 Å². The van der Waals surface area contributed by atoms with Crippen molar-refractivity contribution < 1.29 is 31.8 Å². The molecule has 1 aliphatic heterocycles. The number of alkyl halides is 3. The summed E-state index contributed by atoms with van der Waals surface area (Å²) in [5, 5.41) is 10.4. The molecule has 1 saturated heterocycles. The molecule has 0 aromatic heterocycles. The van der Waals surface area contributed by atoms with Crippen molar-refractivity contribution in [2.75, 3.05) is 17.8 Å². The van der Waals surface area contributed by atoms with Gasteiger partial charge in [0, 0.05) is 24.3 Å². The maximum absolute atomic E-state index is 12.7. The SMILES string of the molecule is CC(CC1(O)CCN(C(=O)c2ccc(NS(=O)O)cc2)CC1)C(F)(F)F. The van der Waals surface area contributed by atoms with E-state index in [-0.39, 0.29) is 38.3 Å². The number of benzene rings is 1. The summed E-state index contributed by atoms with van der Waals surface area (Å²) >= 11 is -2.21. The first-order valence-corrected chi connectivity index (χ1v) is 9.17. The van der Waals surface area contributed by atoms with Gasteiger partial charge in [-0.2, -0.15) is 13.2 Å². The lowest BCUT2D eigenvalue weighted by Crippen LogP contribution is -2.48. The zero-order chi connectivity index (χ0) is 19.5. The van der Waals surface area contributed by atoms with Crippen molar-refractivity contribution in [3.63, 3.8) is 0 Å². The van der Waals surface area contributed by atoms with Gasteiger partial charge in [0.2, 0.25) is 0 Å². The Labute approximate surface area is 151 Å². The van der Waals surface area contributed by atoms with Gasteiger partial charge in [0.1, 0.15) is 0 Å². The predicted molar refractivity (Wildman–Crippen MR) is 90.8 cm³/mol. The highest BCUT2D eigenvalue weighted by Crippen LogP contribution is 2.36. The molecule has 0 saturated carbocycles. The number of halogens is 3. The molecule has 2 atom stereocenters. The van der Waals surface area contributed by atoms with E-state index >= 15 is 0 Å². The number of likely N-dealkylation sites (tertiary alicyclic amines) is 1. The highest BCUT2D eigenvalue weighted by molar-refractivity contribution is 7.80. The third-order valence-electron chi connectivity index (χ3n) is 4.56. The monoisotopic (exact) mass is 394 g/mol. The smallest absolute Gasteiger partial charge is 0.390 e. The molecule has 0 aliphatic carbocycles. The van der Waals surface area contributed by atoms with Crippen molar-refractivity contribution >= 4 is 22.9 Å². The summed E-state index contributed by atoms with van der Waals surface area (Å²) in [5.74, 6) is -1.90. The van der Waals surface area contributed by atoms with E-state index in [9.17, 15) is 27.3 Å². The number of carbonyl (C=O) groups is 1. The Kier molecular flexibility index (Phi) is 6.30. The molecule has 26 heavy (non-hydrogen) atoms. The van der Waals surface area contributed by atoms with Crippen LogP contribution >= 0.6 is 0 Å². The van der Waals surface area contributed by atoms with Crippen LogP contribution in [0.5, 0.6) is 0 Å². The molecule has 0 bridgehead atoms. The molecule has 1 aliphatic rings. The first kappa shape index (κ1) is 20.7. The Morgan fingerprint density at radius 3 is 2.31 bits per heavy atom. The van der Waals surface area contributed by atoms with E-state index in [1.54, 1.807) is 0 Å². The highest BCUT2D eigenvalue weighted by atomic mass is 32.2. The molecule has 1 aromatic carbocycles. The minimum atomic E-state index is -4.35. The Balaban J connectivity index is 1.94. The van der Waals surface area contributed by atoms with Crippen LogP contribution in [0.1, 0.15) is 36.5 Å². The molecule has 1 fully saturated rings. The van der Waals surface area contributed by atoms with Gasteiger partial charge < -0.3 is 10.0 Å². The summed E-state index contributed by atoms with van der Waals surface area (Å²) in [7, 11) is 0. The van der Waals surface area contributed by atoms with E-state index in [2.05, 4.69) is 4.72 Å². The second kappa shape index (κ2) is 7.93. The lowest BCUT2D eigenvalue weighted by atomic mass is 9.83. The zero-order valence-corrected chi connectivity index (χ0v) is 14.9. The Bertz CT molecular complexity index is 658. The third kappa shape index (κ3) is 5.42. The summed E-state index contributed by atoms with van der Waals surface area (Å²) < 4.78 is 59.8. The standard InChI is InChI=1S/C16H21F3N2O4S/c1-11(16(17,18)19)10-15(23)6-8-21(9-7-15)14(22)12-2-4-13(5-3-12)20-26(24)25/h2-5,11,20,23H,6-10H2,1H3,(H,24,25). The van der Waals surface area contributed by atoms with Gasteiger partial charge in [-0.1, -0.05) is 6.92 Å². The molecule has 10 heteroatoms. The largest absolute Gasteiger partial charge is 0.391 e. The first-order valence-electron chi connectivity index (χ1n) is 8.06. The summed E-state index contributed by atoms with van der Waals surface area (Å²) in [5.41, 5.74) is -0.699. The van der Waals surface area contributed by atoms with Crippen LogP contribution in [0, 0.1) is 5.92 Å². The quantitative estimate of drug-likeness (QED) is 0.670. The van der Waals surface area contributed by atoms with Crippen LogP contribution in [-0.4, -0.2) is 49.5 Å². The second-order valence-corrected chi connectivity index (χ2v) is 7.29. The normalized spacial score (nSPS) is 19.7. The number of hydrogen-bond donors (Lipinski definition) is 3. The number of amides is 1. The Morgan fingerprint density at radius 1 is 1.31 bits per heavy atom. The van der Waals surface area contributed by atoms with Gasteiger partial charge in [-0.25, -0.2) is 4.21 Å². The third-order valence-corrected chi connectivity index (χ3v) is 4.97. The molecule has 0 spiro atoms. The molecule has 2 rings (SSSR count). The van der Waals surface area contributed by atoms with Crippen LogP contribution in [0.4, 0.5) is 18.9 Å². The first-order chi connectivity index (χ1) is 12.0. The topological polar surface area (TPSA) is 89.9 Å². The molecule has 2 unspecified atom stereocenters. The molecule has 1 amide bonds. The fourth-order valence-corrected chi connectivity index (χ4v) is 3.32. The van der Waals surface area contributed by atoms with E-state index in [1.165, 1.54) is 29.2 Å². The second-order valence-electron chi connectivity index (χ2n) is 6.59. The molecular weight excluding hydrogens is 373 g/mol. The van der Waals surface area contributed by atoms with E-state index in [0.29, 0.717) is 11.3 Å². The van der Waals surface area contributed by atoms with E-state index < -0.39 is 29.0 Å². The van der Waals surface area contributed by atoms with Crippen LogP contribution < -0.4 is 4.72 Å². The summed E-state index contributed by atoms with van der Waals surface area (Å²) in [6.45, 7) is 1.38. The lowest BCUT2D eigenvalue weighted by molar-refractivity contribution is -0.187. The van der Waals surface area contributed by atoms with Crippen LogP contribution in [0.25, 0.3) is 0 Å². The van der Waals surface area contributed by atoms with Gasteiger partial charge in [-0.15, -0.1) is 0 Å². The van der Waals surface area contributed by atoms with Crippen molar-refractivity contribution in [1.29, 1.82) is 0 Å². The Hall–Kier alpha value is -1.65. The fourth-order valence-electron chi connectivity index (χ4n) is 2.98. The van der Waals surface area contributed by atoms with Gasteiger partial charge in [0.25, 0.3) is 17.2 Å². The molecular formula is C16H21F3N2O4S. The van der Waals surface area contributed by atoms with E-state index in [4.69, 9.17) is 4.55 Å². The summed E-state index contributed by atoms with van der Waals surface area (Å²) in [4.78, 5) is 13.9. The number of anilines is 1. The number of carbonyl (C=O) groups excluding carboxylic acids is 1. The lowest BCUT2D eigenvalue weighted by Gasteiger charge is -2.39. The predicted octanol–water partition coefficient (Wildman–Crippen LogP) is 2.79. The molecule has 146 valence electrons. The fraction of sp³-hybridized carbons (Fsp3) is 0.562. The van der Waals surface area contributed by atoms with Crippen molar-refractivity contribution in [2.45, 2.75) is 38.0 Å². The number of hydrogen-bond acceptors (Lipinski definition) is 3. The molecule has 1 heterocycles. The van der Waals surface area contributed by atoms with Crippen LogP contribution in [0.3, 0.4) is 0 Å². The Morgan fingerprint density at radius 2 is 1.85 bits per heavy atom. The minimum Gasteiger partial charge on any atom is -0.390 e. The van der Waals surface area contributed by atoms with Gasteiger partial charge in [-0.3, -0.25) is 14.1 Å². The number of nitrogens with one attached hydrogen (secondary N) is 1. The van der Waals surface area contributed by atoms with Gasteiger partial charge in [0.05, 0.1) is 11.5 Å². The average molecular weight is 394 g/mol. The average Bonchev–Trinajstić information content (AvgIpc) is 2.54. The van der Waals surface area contributed by atoms with Crippen molar-refractivity contribution in [3.8, 4) is 0 Å². The molecule has 1 aromatic rings. The number of piperidine rings is 1. The zero-order valence-electron chi connectivity index (χ0n) is 14.1. The van der Waals surface area contributed by atoms with E-state index in [1.807, 2.05) is 0 Å². The minimum absolute atomic E-state index is 0.0856. The van der Waals surface area contributed by atoms with Crippen LogP contribution in [0.2, 0.25) is 0 Å². The highest BCUT2D eigenvalue weighted by Gasteiger charge is 2.43. The molecule has 0 radical (unpaired) electrons. The van der Waals surface area contributed by atoms with Gasteiger partial charge in [-0.05, 0) is 43.5 Å². The molecule has 6 nitrogen and oxygen atoms in total. The van der Waals surface area contributed by atoms with Crippen molar-refractivity contribution in [3.05, 3.63) is 29.8 Å². The maximum Gasteiger partial charge on any atom is 0.391 e. The number of nitrogens with zero attached hydrogens (tertiary/aromatic N) is 1. The van der Waals surface area contributed by atoms with Crippen molar-refractivity contribution in [2.24, 2.45) is 5.92 Å². The summed E-state index contributed by atoms with van der Waals surface area (Å²) in [6, 6.07) is 5.94.